The number of aryl methyl sites for hydroxylation is 2. The molecule has 2 aromatic heterocycles. The van der Waals surface area contributed by atoms with E-state index in [1.807, 2.05) is 35.8 Å². The molecule has 9 heteroatoms. The van der Waals surface area contributed by atoms with E-state index in [0.29, 0.717) is 43.1 Å². The summed E-state index contributed by atoms with van der Waals surface area (Å²) in [4.78, 5) is 41.9. The smallest absolute Gasteiger partial charge is 0.273 e. The van der Waals surface area contributed by atoms with Crippen LogP contribution in [0.4, 0.5) is 26.0 Å². The van der Waals surface area contributed by atoms with Crippen molar-refractivity contribution in [1.29, 1.82) is 0 Å². The summed E-state index contributed by atoms with van der Waals surface area (Å²) in [6, 6.07) is 9.63. The van der Waals surface area contributed by atoms with E-state index in [1.165, 1.54) is 6.07 Å². The van der Waals surface area contributed by atoms with Gasteiger partial charge in [0.05, 0.1) is 22.6 Å². The zero-order valence-corrected chi connectivity index (χ0v) is 24.9. The fourth-order valence-electron chi connectivity index (χ4n) is 7.34. The number of pyridine rings is 2. The topological polar surface area (TPSA) is 69.6 Å². The third-order valence-electron chi connectivity index (χ3n) is 9.33. The van der Waals surface area contributed by atoms with E-state index in [2.05, 4.69) is 18.7 Å². The highest BCUT2D eigenvalue weighted by molar-refractivity contribution is 5.97. The minimum Gasteiger partial charge on any atom is -0.352 e. The van der Waals surface area contributed by atoms with Gasteiger partial charge in [-0.1, -0.05) is 12.8 Å². The van der Waals surface area contributed by atoms with Gasteiger partial charge in [0.1, 0.15) is 11.5 Å². The first-order chi connectivity index (χ1) is 19.9. The van der Waals surface area contributed by atoms with Crippen LogP contribution in [0, 0.1) is 25.5 Å². The molecule has 42 heavy (non-hydrogen) atoms. The minimum absolute atomic E-state index is 0.00831. The SMILES string of the molecule is CC(=O)c1c(C)cc(N2CCN(C(=O)c3ccc4c(n3)C3(CCCC3)CN4c3ccc(F)c(F)c3)C(C)(C)C2)nc1C. The highest BCUT2D eigenvalue weighted by Gasteiger charge is 2.47. The quantitative estimate of drug-likeness (QED) is 0.342. The first kappa shape index (κ1) is 28.2. The average molecular weight is 574 g/mol. The maximum absolute atomic E-state index is 14.2. The van der Waals surface area contributed by atoms with Crippen molar-refractivity contribution in [2.45, 2.75) is 71.3 Å². The number of aromatic nitrogens is 2. The van der Waals surface area contributed by atoms with E-state index >= 15 is 0 Å². The number of amides is 1. The fourth-order valence-corrected chi connectivity index (χ4v) is 7.34. The maximum Gasteiger partial charge on any atom is 0.273 e. The highest BCUT2D eigenvalue weighted by Crippen LogP contribution is 2.52. The van der Waals surface area contributed by atoms with Crippen LogP contribution in [0.1, 0.15) is 84.3 Å². The molecule has 1 saturated heterocycles. The van der Waals surface area contributed by atoms with Crippen molar-refractivity contribution < 1.29 is 18.4 Å². The van der Waals surface area contributed by atoms with Crippen LogP contribution in [0.5, 0.6) is 0 Å². The van der Waals surface area contributed by atoms with Crippen LogP contribution in [0.2, 0.25) is 0 Å². The molecule has 1 aliphatic carbocycles. The minimum atomic E-state index is -0.877. The first-order valence-corrected chi connectivity index (χ1v) is 14.7. The number of ketones is 1. The molecular formula is C33H37F2N5O2. The Kier molecular flexibility index (Phi) is 6.82. The largest absolute Gasteiger partial charge is 0.352 e. The second-order valence-electron chi connectivity index (χ2n) is 12.7. The third kappa shape index (κ3) is 4.63. The second-order valence-corrected chi connectivity index (χ2v) is 12.7. The summed E-state index contributed by atoms with van der Waals surface area (Å²) in [6.07, 6.45) is 4.03. The summed E-state index contributed by atoms with van der Waals surface area (Å²) < 4.78 is 27.9. The van der Waals surface area contributed by atoms with Gasteiger partial charge in [-0.15, -0.1) is 0 Å². The van der Waals surface area contributed by atoms with E-state index < -0.39 is 17.2 Å². The van der Waals surface area contributed by atoms with Crippen molar-refractivity contribution >= 4 is 28.9 Å². The lowest BCUT2D eigenvalue weighted by molar-refractivity contribution is 0.0507. The number of rotatable bonds is 4. The summed E-state index contributed by atoms with van der Waals surface area (Å²) in [5, 5.41) is 0. The molecule has 0 unspecified atom stereocenters. The maximum atomic E-state index is 14.2. The molecule has 3 aromatic rings. The molecule has 6 rings (SSSR count). The predicted octanol–water partition coefficient (Wildman–Crippen LogP) is 6.28. The number of anilines is 3. The number of halogens is 2. The van der Waals surface area contributed by atoms with Crippen molar-refractivity contribution in [1.82, 2.24) is 14.9 Å². The van der Waals surface area contributed by atoms with Crippen molar-refractivity contribution in [3.05, 3.63) is 76.2 Å². The van der Waals surface area contributed by atoms with Crippen molar-refractivity contribution in [2.24, 2.45) is 0 Å². The average Bonchev–Trinajstić information content (AvgIpc) is 3.53. The summed E-state index contributed by atoms with van der Waals surface area (Å²) >= 11 is 0. The summed E-state index contributed by atoms with van der Waals surface area (Å²) in [5.41, 5.74) is 4.31. The number of carbonyl (C=O) groups is 2. The summed E-state index contributed by atoms with van der Waals surface area (Å²) in [6.45, 7) is 11.8. The molecule has 1 amide bonds. The van der Waals surface area contributed by atoms with Gasteiger partial charge in [0.2, 0.25) is 0 Å². The Labute approximate surface area is 245 Å². The van der Waals surface area contributed by atoms with Gasteiger partial charge in [0.15, 0.2) is 17.4 Å². The van der Waals surface area contributed by atoms with Crippen LogP contribution in [0.25, 0.3) is 0 Å². The van der Waals surface area contributed by atoms with Gasteiger partial charge in [-0.3, -0.25) is 9.59 Å². The molecule has 0 radical (unpaired) electrons. The molecule has 7 nitrogen and oxygen atoms in total. The van der Waals surface area contributed by atoms with Crippen LogP contribution >= 0.6 is 0 Å². The zero-order chi connectivity index (χ0) is 30.0. The number of fused-ring (bicyclic) bond motifs is 2. The van der Waals surface area contributed by atoms with Gasteiger partial charge in [0.25, 0.3) is 5.91 Å². The van der Waals surface area contributed by atoms with Crippen LogP contribution in [0.3, 0.4) is 0 Å². The van der Waals surface area contributed by atoms with Crippen molar-refractivity contribution in [3.63, 3.8) is 0 Å². The molecule has 2 fully saturated rings. The lowest BCUT2D eigenvalue weighted by Crippen LogP contribution is -2.61. The van der Waals surface area contributed by atoms with Gasteiger partial charge >= 0.3 is 0 Å². The number of Topliss-reactive ketones (excluding diaryl/α,β-unsaturated/α-hetero) is 1. The van der Waals surface area contributed by atoms with E-state index in [9.17, 15) is 18.4 Å². The molecule has 0 bridgehead atoms. The van der Waals surface area contributed by atoms with E-state index in [-0.39, 0.29) is 17.1 Å². The monoisotopic (exact) mass is 573 g/mol. The lowest BCUT2D eigenvalue weighted by atomic mass is 9.84. The van der Waals surface area contributed by atoms with Gasteiger partial charge in [-0.25, -0.2) is 18.7 Å². The number of piperazine rings is 1. The third-order valence-corrected chi connectivity index (χ3v) is 9.33. The number of hydrogen-bond donors (Lipinski definition) is 0. The Morgan fingerprint density at radius 2 is 1.64 bits per heavy atom. The number of benzene rings is 1. The standard InChI is InChI=1S/C33H37F2N5O2/c1-20-16-28(36-21(2)29(20)22(3)41)38-14-15-40(32(4,5)18-38)31(42)26-10-11-27-30(37-26)33(12-6-7-13-33)19-39(27)23-8-9-24(34)25(35)17-23/h8-11,16-17H,6-7,12-15,18-19H2,1-5H3. The Hall–Kier alpha value is -3.88. The molecule has 0 N–H and O–H groups in total. The van der Waals surface area contributed by atoms with Crippen LogP contribution in [-0.4, -0.2) is 58.3 Å². The predicted molar refractivity (Wildman–Crippen MR) is 159 cm³/mol. The summed E-state index contributed by atoms with van der Waals surface area (Å²) in [5.74, 6) is -1.04. The number of nitrogens with zero attached hydrogens (tertiary/aromatic N) is 5. The number of hydrogen-bond acceptors (Lipinski definition) is 6. The second kappa shape index (κ2) is 10.1. The zero-order valence-electron chi connectivity index (χ0n) is 24.9. The Morgan fingerprint density at radius 1 is 0.905 bits per heavy atom. The molecule has 1 aromatic carbocycles. The Balaban J connectivity index is 1.28. The molecular weight excluding hydrogens is 536 g/mol. The van der Waals surface area contributed by atoms with Crippen LogP contribution in [0.15, 0.2) is 36.4 Å². The Morgan fingerprint density at radius 3 is 2.29 bits per heavy atom. The lowest BCUT2D eigenvalue weighted by Gasteiger charge is -2.47. The number of carbonyl (C=O) groups excluding carboxylic acids is 2. The molecule has 3 aliphatic rings. The Bertz CT molecular complexity index is 1570. The van der Waals surface area contributed by atoms with Crippen LogP contribution < -0.4 is 9.80 Å². The van der Waals surface area contributed by atoms with Gasteiger partial charge in [-0.05, 0) is 83.4 Å². The highest BCUT2D eigenvalue weighted by atomic mass is 19.2. The molecule has 1 spiro atoms. The molecule has 0 atom stereocenters. The molecule has 4 heterocycles. The summed E-state index contributed by atoms with van der Waals surface area (Å²) in [7, 11) is 0. The van der Waals surface area contributed by atoms with Crippen molar-refractivity contribution in [3.8, 4) is 0 Å². The van der Waals surface area contributed by atoms with E-state index in [1.54, 1.807) is 19.1 Å². The normalized spacial score (nSPS) is 19.0. The first-order valence-electron chi connectivity index (χ1n) is 14.7. The van der Waals surface area contributed by atoms with Gasteiger partial charge in [-0.2, -0.15) is 0 Å². The molecule has 220 valence electrons. The van der Waals surface area contributed by atoms with E-state index in [0.717, 1.165) is 60.2 Å². The van der Waals surface area contributed by atoms with Crippen molar-refractivity contribution in [2.75, 3.05) is 36.0 Å². The van der Waals surface area contributed by atoms with Crippen LogP contribution in [-0.2, 0) is 5.41 Å². The van der Waals surface area contributed by atoms with Gasteiger partial charge in [0, 0.05) is 48.9 Å². The molecule has 2 aliphatic heterocycles. The van der Waals surface area contributed by atoms with E-state index in [4.69, 9.17) is 9.97 Å². The molecule has 1 saturated carbocycles. The fraction of sp³-hybridized carbons (Fsp3) is 0.455. The van der Waals surface area contributed by atoms with Gasteiger partial charge < -0.3 is 14.7 Å².